The maximum atomic E-state index is 12.3. The van der Waals surface area contributed by atoms with Crippen molar-refractivity contribution in [2.24, 2.45) is 0 Å². The molecule has 0 saturated carbocycles. The van der Waals surface area contributed by atoms with E-state index in [1.165, 1.54) is 0 Å². The Balaban J connectivity index is 3.22. The van der Waals surface area contributed by atoms with Crippen molar-refractivity contribution < 1.29 is 26.3 Å². The third-order valence-electron chi connectivity index (χ3n) is 1.71. The number of alkyl halides is 6. The van der Waals surface area contributed by atoms with Crippen LogP contribution in [-0.4, -0.2) is 17.8 Å². The predicted molar refractivity (Wildman–Crippen MR) is 28.6 cm³/mol. The molecule has 0 aromatic heterocycles. The number of rotatable bonds is 0. The average Bonchev–Trinajstić information content (AvgIpc) is 1.92. The van der Waals surface area contributed by atoms with Crippen molar-refractivity contribution >= 4 is 0 Å². The molecular formula is C6H4F6. The molecule has 1 aliphatic carbocycles. The topological polar surface area (TPSA) is 0 Å². The Hall–Kier alpha value is -0.680. The van der Waals surface area contributed by atoms with Gasteiger partial charge in [-0.25, -0.2) is 0 Å². The highest BCUT2D eigenvalue weighted by atomic mass is 19.3. The van der Waals surface area contributed by atoms with Crippen molar-refractivity contribution in [3.05, 3.63) is 11.6 Å². The average molecular weight is 190 g/mol. The molecule has 0 bridgehead atoms. The summed E-state index contributed by atoms with van der Waals surface area (Å²) in [6.45, 7) is 0.550. The summed E-state index contributed by atoms with van der Waals surface area (Å²) in [5.74, 6) is -14.8. The van der Waals surface area contributed by atoms with Gasteiger partial charge in [0.1, 0.15) is 0 Å². The van der Waals surface area contributed by atoms with Gasteiger partial charge in [0.2, 0.25) is 0 Å². The number of allylic oxidation sites excluding steroid dienone is 2. The van der Waals surface area contributed by atoms with Crippen molar-refractivity contribution in [1.82, 2.24) is 0 Å². The lowest BCUT2D eigenvalue weighted by atomic mass is 10.1. The molecule has 1 rings (SSSR count). The van der Waals surface area contributed by atoms with Crippen LogP contribution in [0.1, 0.15) is 6.92 Å². The van der Waals surface area contributed by atoms with Crippen LogP contribution in [0.2, 0.25) is 0 Å². The van der Waals surface area contributed by atoms with E-state index in [9.17, 15) is 26.3 Å². The van der Waals surface area contributed by atoms with Gasteiger partial charge < -0.3 is 0 Å². The van der Waals surface area contributed by atoms with Crippen LogP contribution in [0.4, 0.5) is 26.3 Å². The van der Waals surface area contributed by atoms with Gasteiger partial charge in [-0.15, -0.1) is 0 Å². The van der Waals surface area contributed by atoms with Gasteiger partial charge in [0.05, 0.1) is 0 Å². The van der Waals surface area contributed by atoms with Crippen LogP contribution in [0.15, 0.2) is 11.6 Å². The first-order chi connectivity index (χ1) is 5.13. The van der Waals surface area contributed by atoms with E-state index in [2.05, 4.69) is 0 Å². The summed E-state index contributed by atoms with van der Waals surface area (Å²) in [6, 6.07) is 0. The molecule has 12 heavy (non-hydrogen) atoms. The fourth-order valence-corrected chi connectivity index (χ4v) is 0.910. The second kappa shape index (κ2) is 1.97. The third-order valence-corrected chi connectivity index (χ3v) is 1.71. The highest BCUT2D eigenvalue weighted by Gasteiger charge is 2.75. The van der Waals surface area contributed by atoms with Gasteiger partial charge in [-0.2, -0.15) is 26.3 Å². The van der Waals surface area contributed by atoms with E-state index >= 15 is 0 Å². The Bertz CT molecular complexity index is 238. The SMILES string of the molecule is CC1=CC(F)(F)C(F)(F)C1(F)F. The Morgan fingerprint density at radius 1 is 1.00 bits per heavy atom. The summed E-state index contributed by atoms with van der Waals surface area (Å²) in [4.78, 5) is 0. The standard InChI is InChI=1S/C6H4F6/c1-3-2-4(7,8)6(11,12)5(3,9)10/h2H,1H3. The second-order valence-electron chi connectivity index (χ2n) is 2.60. The highest BCUT2D eigenvalue weighted by molar-refractivity contribution is 5.30. The number of halogens is 6. The number of hydrogen-bond acceptors (Lipinski definition) is 0. The quantitative estimate of drug-likeness (QED) is 0.407. The molecule has 1 aliphatic rings. The Morgan fingerprint density at radius 2 is 1.42 bits per heavy atom. The lowest BCUT2D eigenvalue weighted by Gasteiger charge is -2.24. The second-order valence-corrected chi connectivity index (χ2v) is 2.60. The van der Waals surface area contributed by atoms with Crippen molar-refractivity contribution in [2.45, 2.75) is 24.7 Å². The van der Waals surface area contributed by atoms with E-state index in [4.69, 9.17) is 0 Å². The van der Waals surface area contributed by atoms with Crippen LogP contribution < -0.4 is 0 Å². The van der Waals surface area contributed by atoms with Crippen molar-refractivity contribution in [3.8, 4) is 0 Å². The smallest absolute Gasteiger partial charge is 0.195 e. The molecule has 0 aromatic rings. The molecule has 0 radical (unpaired) electrons. The van der Waals surface area contributed by atoms with Gasteiger partial charge >= 0.3 is 17.8 Å². The van der Waals surface area contributed by atoms with Crippen LogP contribution in [0.25, 0.3) is 0 Å². The molecule has 0 N–H and O–H groups in total. The summed E-state index contributed by atoms with van der Waals surface area (Å²) < 4.78 is 73.3. The zero-order valence-electron chi connectivity index (χ0n) is 5.85. The Labute approximate surface area is 63.9 Å². The first-order valence-electron chi connectivity index (χ1n) is 2.96. The molecule has 0 saturated heterocycles. The summed E-state index contributed by atoms with van der Waals surface area (Å²) in [5.41, 5.74) is -1.29. The molecular weight excluding hydrogens is 186 g/mol. The normalized spacial score (nSPS) is 30.1. The van der Waals surface area contributed by atoms with E-state index in [0.29, 0.717) is 6.92 Å². The summed E-state index contributed by atoms with van der Waals surface area (Å²) in [7, 11) is 0. The van der Waals surface area contributed by atoms with Crippen LogP contribution >= 0.6 is 0 Å². The van der Waals surface area contributed by atoms with Crippen molar-refractivity contribution in [2.75, 3.05) is 0 Å². The van der Waals surface area contributed by atoms with Crippen molar-refractivity contribution in [3.63, 3.8) is 0 Å². The van der Waals surface area contributed by atoms with Gasteiger partial charge in [0, 0.05) is 5.57 Å². The van der Waals surface area contributed by atoms with E-state index in [1.807, 2.05) is 0 Å². The van der Waals surface area contributed by atoms with E-state index in [-0.39, 0.29) is 0 Å². The predicted octanol–water partition coefficient (Wildman–Crippen LogP) is 2.85. The lowest BCUT2D eigenvalue weighted by molar-refractivity contribution is -0.262. The lowest BCUT2D eigenvalue weighted by Crippen LogP contribution is -2.48. The first kappa shape index (κ1) is 9.41. The van der Waals surface area contributed by atoms with Gasteiger partial charge in [-0.3, -0.25) is 0 Å². The fourth-order valence-electron chi connectivity index (χ4n) is 0.910. The van der Waals surface area contributed by atoms with Gasteiger partial charge in [0.15, 0.2) is 0 Å². The number of hydrogen-bond donors (Lipinski definition) is 0. The molecule has 0 aromatic carbocycles. The minimum Gasteiger partial charge on any atom is -0.195 e. The molecule has 0 heterocycles. The van der Waals surface area contributed by atoms with E-state index < -0.39 is 29.4 Å². The summed E-state index contributed by atoms with van der Waals surface area (Å²) in [6.07, 6.45) is -0.396. The zero-order chi connectivity index (χ0) is 9.78. The van der Waals surface area contributed by atoms with Crippen molar-refractivity contribution in [1.29, 1.82) is 0 Å². The zero-order valence-corrected chi connectivity index (χ0v) is 5.85. The van der Waals surface area contributed by atoms with E-state index in [0.717, 1.165) is 0 Å². The third kappa shape index (κ3) is 0.804. The molecule has 0 aliphatic heterocycles. The highest BCUT2D eigenvalue weighted by Crippen LogP contribution is 2.55. The molecule has 0 unspecified atom stereocenters. The van der Waals surface area contributed by atoms with Crippen LogP contribution in [0.5, 0.6) is 0 Å². The van der Waals surface area contributed by atoms with Crippen LogP contribution in [0.3, 0.4) is 0 Å². The molecule has 0 amide bonds. The maximum absolute atomic E-state index is 12.3. The molecule has 0 atom stereocenters. The molecule has 0 nitrogen and oxygen atoms in total. The first-order valence-corrected chi connectivity index (χ1v) is 2.96. The molecule has 6 heteroatoms. The minimum atomic E-state index is -5.30. The summed E-state index contributed by atoms with van der Waals surface area (Å²) >= 11 is 0. The molecule has 0 fully saturated rings. The minimum absolute atomic E-state index is 0.396. The fraction of sp³-hybridized carbons (Fsp3) is 0.667. The maximum Gasteiger partial charge on any atom is 0.379 e. The van der Waals surface area contributed by atoms with Crippen LogP contribution in [0, 0.1) is 0 Å². The molecule has 70 valence electrons. The van der Waals surface area contributed by atoms with E-state index in [1.54, 1.807) is 0 Å². The monoisotopic (exact) mass is 190 g/mol. The Kier molecular flexibility index (Phi) is 1.55. The van der Waals surface area contributed by atoms with Gasteiger partial charge in [0.25, 0.3) is 0 Å². The van der Waals surface area contributed by atoms with Gasteiger partial charge in [-0.05, 0) is 13.0 Å². The Morgan fingerprint density at radius 3 is 1.50 bits per heavy atom. The van der Waals surface area contributed by atoms with Crippen LogP contribution in [-0.2, 0) is 0 Å². The summed E-state index contributed by atoms with van der Waals surface area (Å²) in [5, 5.41) is 0. The van der Waals surface area contributed by atoms with Gasteiger partial charge in [-0.1, -0.05) is 0 Å². The molecule has 0 spiro atoms. The largest absolute Gasteiger partial charge is 0.379 e.